The Morgan fingerprint density at radius 3 is 1.82 bits per heavy atom. The molecule has 3 aromatic carbocycles. The monoisotopic (exact) mass is 455 g/mol. The third kappa shape index (κ3) is 4.20. The third-order valence-electron chi connectivity index (χ3n) is 6.00. The maximum absolute atomic E-state index is 13.3. The van der Waals surface area contributed by atoms with Gasteiger partial charge < -0.3 is 10.6 Å². The summed E-state index contributed by atoms with van der Waals surface area (Å²) in [6.07, 6.45) is 0. The molecule has 7 nitrogen and oxygen atoms in total. The molecule has 2 atom stereocenters. The number of benzene rings is 3. The van der Waals surface area contributed by atoms with E-state index in [1.165, 1.54) is 6.92 Å². The van der Waals surface area contributed by atoms with Gasteiger partial charge in [0.25, 0.3) is 17.7 Å². The summed E-state index contributed by atoms with van der Waals surface area (Å²) in [6.45, 7) is 5.26. The van der Waals surface area contributed by atoms with Crippen molar-refractivity contribution in [3.63, 3.8) is 0 Å². The van der Waals surface area contributed by atoms with Gasteiger partial charge in [0.1, 0.15) is 12.1 Å². The van der Waals surface area contributed by atoms with Crippen LogP contribution in [0.5, 0.6) is 0 Å². The van der Waals surface area contributed by atoms with Crippen LogP contribution in [0.15, 0.2) is 72.8 Å². The zero-order chi connectivity index (χ0) is 24.4. The fourth-order valence-electron chi connectivity index (χ4n) is 4.09. The molecule has 172 valence electrons. The normalized spacial score (nSPS) is 14.4. The van der Waals surface area contributed by atoms with Crippen molar-refractivity contribution < 1.29 is 19.2 Å². The lowest BCUT2D eigenvalue weighted by atomic mass is 10.0. The lowest BCUT2D eigenvalue weighted by molar-refractivity contribution is -0.129. The number of imide groups is 1. The Morgan fingerprint density at radius 1 is 0.735 bits per heavy atom. The van der Waals surface area contributed by atoms with E-state index in [1.54, 1.807) is 48.5 Å². The first-order valence-corrected chi connectivity index (χ1v) is 11.0. The minimum absolute atomic E-state index is 0.263. The molecule has 0 saturated carbocycles. The van der Waals surface area contributed by atoms with E-state index in [4.69, 9.17) is 0 Å². The first kappa shape index (κ1) is 22.9. The van der Waals surface area contributed by atoms with E-state index in [0.717, 1.165) is 16.0 Å². The number of fused-ring (bicyclic) bond motifs is 1. The highest BCUT2D eigenvalue weighted by Gasteiger charge is 2.41. The Morgan fingerprint density at radius 2 is 1.26 bits per heavy atom. The average molecular weight is 456 g/mol. The molecule has 0 saturated heterocycles. The molecule has 1 aliphatic rings. The molecule has 0 aliphatic carbocycles. The van der Waals surface area contributed by atoms with Gasteiger partial charge in [-0.05, 0) is 49.6 Å². The summed E-state index contributed by atoms with van der Waals surface area (Å²) < 4.78 is 0. The number of nitrogens with zero attached hydrogens (tertiary/aromatic N) is 1. The van der Waals surface area contributed by atoms with Crippen molar-refractivity contribution in [2.45, 2.75) is 32.9 Å². The van der Waals surface area contributed by atoms with Gasteiger partial charge in [-0.3, -0.25) is 24.1 Å². The Kier molecular flexibility index (Phi) is 6.27. The standard InChI is InChI=1S/C27H25N3O4/c1-16-10-9-11-17(2)22(16)28-25(32)23(19-12-5-4-6-13-19)29-24(31)18(3)30-26(33)20-14-7-8-15-21(20)27(30)34/h4-15,18,23H,1-3H3,(H,28,32)(H,29,31). The summed E-state index contributed by atoms with van der Waals surface area (Å²) in [6, 6.07) is 18.8. The van der Waals surface area contributed by atoms with E-state index in [9.17, 15) is 19.2 Å². The molecule has 1 aliphatic heterocycles. The van der Waals surface area contributed by atoms with Crippen LogP contribution >= 0.6 is 0 Å². The number of carbonyl (C=O) groups excluding carboxylic acids is 4. The van der Waals surface area contributed by atoms with Gasteiger partial charge in [-0.15, -0.1) is 0 Å². The number of amides is 4. The number of carbonyl (C=O) groups is 4. The molecule has 7 heteroatoms. The van der Waals surface area contributed by atoms with Gasteiger partial charge >= 0.3 is 0 Å². The fourth-order valence-corrected chi connectivity index (χ4v) is 4.09. The topological polar surface area (TPSA) is 95.6 Å². The minimum Gasteiger partial charge on any atom is -0.339 e. The van der Waals surface area contributed by atoms with Crippen LogP contribution in [0.4, 0.5) is 5.69 Å². The fraction of sp³-hybridized carbons (Fsp3) is 0.185. The maximum Gasteiger partial charge on any atom is 0.262 e. The van der Waals surface area contributed by atoms with Gasteiger partial charge in [-0.1, -0.05) is 60.7 Å². The largest absolute Gasteiger partial charge is 0.339 e. The summed E-state index contributed by atoms with van der Waals surface area (Å²) >= 11 is 0. The maximum atomic E-state index is 13.3. The van der Waals surface area contributed by atoms with E-state index in [0.29, 0.717) is 11.3 Å². The second-order valence-corrected chi connectivity index (χ2v) is 8.31. The smallest absolute Gasteiger partial charge is 0.262 e. The molecular weight excluding hydrogens is 430 g/mol. The van der Waals surface area contributed by atoms with Crippen molar-refractivity contribution in [3.05, 3.63) is 101 Å². The second kappa shape index (κ2) is 9.31. The Balaban J connectivity index is 1.59. The third-order valence-corrected chi connectivity index (χ3v) is 6.00. The number of para-hydroxylation sites is 1. The zero-order valence-corrected chi connectivity index (χ0v) is 19.2. The van der Waals surface area contributed by atoms with Gasteiger partial charge in [-0.2, -0.15) is 0 Å². The van der Waals surface area contributed by atoms with Crippen LogP contribution in [0.1, 0.15) is 50.4 Å². The van der Waals surface area contributed by atoms with Crippen molar-refractivity contribution in [2.24, 2.45) is 0 Å². The van der Waals surface area contributed by atoms with Gasteiger partial charge in [0.15, 0.2) is 0 Å². The zero-order valence-electron chi connectivity index (χ0n) is 19.2. The van der Waals surface area contributed by atoms with Crippen molar-refractivity contribution in [2.75, 3.05) is 5.32 Å². The molecule has 1 heterocycles. The molecular formula is C27H25N3O4. The molecule has 2 N–H and O–H groups in total. The highest BCUT2D eigenvalue weighted by Crippen LogP contribution is 2.26. The van der Waals surface area contributed by atoms with Crippen LogP contribution in [-0.2, 0) is 9.59 Å². The number of rotatable bonds is 6. The van der Waals surface area contributed by atoms with Crippen LogP contribution in [0.2, 0.25) is 0 Å². The van der Waals surface area contributed by atoms with Crippen molar-refractivity contribution >= 4 is 29.3 Å². The molecule has 4 amide bonds. The SMILES string of the molecule is Cc1cccc(C)c1NC(=O)C(NC(=O)C(C)N1C(=O)c2ccccc2C1=O)c1ccccc1. The summed E-state index contributed by atoms with van der Waals surface area (Å²) in [5, 5.41) is 5.66. The van der Waals surface area contributed by atoms with Crippen LogP contribution in [0, 0.1) is 13.8 Å². The number of anilines is 1. The van der Waals surface area contributed by atoms with Crippen molar-refractivity contribution in [3.8, 4) is 0 Å². The van der Waals surface area contributed by atoms with Crippen LogP contribution in [0.3, 0.4) is 0 Å². The lowest BCUT2D eigenvalue weighted by Gasteiger charge is -2.25. The molecule has 4 rings (SSSR count). The van der Waals surface area contributed by atoms with Gasteiger partial charge in [0.05, 0.1) is 11.1 Å². The molecule has 0 radical (unpaired) electrons. The summed E-state index contributed by atoms with van der Waals surface area (Å²) in [7, 11) is 0. The van der Waals surface area contributed by atoms with E-state index in [2.05, 4.69) is 10.6 Å². The molecule has 2 unspecified atom stereocenters. The van der Waals surface area contributed by atoms with Gasteiger partial charge in [-0.25, -0.2) is 0 Å². The van der Waals surface area contributed by atoms with Crippen molar-refractivity contribution in [1.29, 1.82) is 0 Å². The Bertz CT molecular complexity index is 1230. The summed E-state index contributed by atoms with van der Waals surface area (Å²) in [4.78, 5) is 53.1. The lowest BCUT2D eigenvalue weighted by Crippen LogP contribution is -2.50. The molecule has 0 aromatic heterocycles. The number of hydrogen-bond donors (Lipinski definition) is 2. The number of nitrogens with one attached hydrogen (secondary N) is 2. The molecule has 0 bridgehead atoms. The summed E-state index contributed by atoms with van der Waals surface area (Å²) in [5.74, 6) is -2.09. The average Bonchev–Trinajstić information content (AvgIpc) is 3.09. The Labute approximate surface area is 197 Å². The van der Waals surface area contributed by atoms with Gasteiger partial charge in [0.2, 0.25) is 5.91 Å². The van der Waals surface area contributed by atoms with Crippen LogP contribution < -0.4 is 10.6 Å². The number of hydrogen-bond acceptors (Lipinski definition) is 4. The second-order valence-electron chi connectivity index (χ2n) is 8.31. The molecule has 0 fully saturated rings. The Hall–Kier alpha value is -4.26. The van der Waals surface area contributed by atoms with Crippen LogP contribution in [0.25, 0.3) is 0 Å². The predicted octanol–water partition coefficient (Wildman–Crippen LogP) is 3.78. The van der Waals surface area contributed by atoms with Crippen LogP contribution in [-0.4, -0.2) is 34.6 Å². The highest BCUT2D eigenvalue weighted by molar-refractivity contribution is 6.22. The minimum atomic E-state index is -1.10. The first-order valence-electron chi connectivity index (χ1n) is 11.0. The highest BCUT2D eigenvalue weighted by atomic mass is 16.2. The number of aryl methyl sites for hydroxylation is 2. The molecule has 0 spiro atoms. The van der Waals surface area contributed by atoms with Crippen molar-refractivity contribution in [1.82, 2.24) is 10.2 Å². The quantitative estimate of drug-likeness (QED) is 0.553. The summed E-state index contributed by atoms with van der Waals surface area (Å²) in [5.41, 5.74) is 3.57. The van der Waals surface area contributed by atoms with E-state index in [1.807, 2.05) is 38.1 Å². The first-order chi connectivity index (χ1) is 16.3. The van der Waals surface area contributed by atoms with E-state index < -0.39 is 35.7 Å². The van der Waals surface area contributed by atoms with Gasteiger partial charge in [0, 0.05) is 5.69 Å². The van der Waals surface area contributed by atoms with E-state index >= 15 is 0 Å². The van der Waals surface area contributed by atoms with E-state index in [-0.39, 0.29) is 11.1 Å². The molecule has 34 heavy (non-hydrogen) atoms. The molecule has 3 aromatic rings. The predicted molar refractivity (Wildman–Crippen MR) is 128 cm³/mol.